The SMILES string of the molecule is C[C@H](O)C#Cc1ccc2c(c1)O[C@@H](CN(C)C(=O)Cc1ccccn1)[C@H](C)CN([C@@H](C)CO)S2(=O)=O. The van der Waals surface area contributed by atoms with E-state index in [4.69, 9.17) is 4.74 Å². The Bertz CT molecular complexity index is 1220. The molecule has 2 heterocycles. The van der Waals surface area contributed by atoms with Gasteiger partial charge in [0.1, 0.15) is 22.9 Å². The molecule has 9 nitrogen and oxygen atoms in total. The first-order valence-electron chi connectivity index (χ1n) is 11.8. The maximum atomic E-state index is 13.5. The highest BCUT2D eigenvalue weighted by Crippen LogP contribution is 2.34. The lowest BCUT2D eigenvalue weighted by Gasteiger charge is -2.37. The van der Waals surface area contributed by atoms with Gasteiger partial charge in [0, 0.05) is 43.0 Å². The van der Waals surface area contributed by atoms with Crippen LogP contribution in [0.15, 0.2) is 47.5 Å². The second-order valence-corrected chi connectivity index (χ2v) is 11.0. The van der Waals surface area contributed by atoms with Crippen LogP contribution in [-0.2, 0) is 21.2 Å². The van der Waals surface area contributed by atoms with E-state index >= 15 is 0 Å². The summed E-state index contributed by atoms with van der Waals surface area (Å²) in [6, 6.07) is 9.25. The number of hydrogen-bond donors (Lipinski definition) is 2. The zero-order chi connectivity index (χ0) is 26.5. The molecule has 0 spiro atoms. The number of carbonyl (C=O) groups is 1. The summed E-state index contributed by atoms with van der Waals surface area (Å²) in [6.45, 7) is 5.03. The van der Waals surface area contributed by atoms with Crippen molar-refractivity contribution in [3.05, 3.63) is 53.9 Å². The molecule has 194 valence electrons. The van der Waals surface area contributed by atoms with Crippen molar-refractivity contribution in [2.45, 2.75) is 50.3 Å². The zero-order valence-electron chi connectivity index (χ0n) is 21.0. The highest BCUT2D eigenvalue weighted by atomic mass is 32.2. The Morgan fingerprint density at radius 1 is 1.31 bits per heavy atom. The van der Waals surface area contributed by atoms with Crippen LogP contribution in [0.4, 0.5) is 0 Å². The number of likely N-dealkylation sites (N-methyl/N-ethyl adjacent to an activating group) is 1. The number of nitrogens with zero attached hydrogens (tertiary/aromatic N) is 3. The molecule has 0 radical (unpaired) electrons. The maximum absolute atomic E-state index is 13.5. The number of ether oxygens (including phenoxy) is 1. The van der Waals surface area contributed by atoms with Gasteiger partial charge >= 0.3 is 0 Å². The second kappa shape index (κ2) is 11.8. The van der Waals surface area contributed by atoms with Gasteiger partial charge in [0.15, 0.2) is 0 Å². The van der Waals surface area contributed by atoms with Crippen LogP contribution in [0.25, 0.3) is 0 Å². The topological polar surface area (TPSA) is 120 Å². The maximum Gasteiger partial charge on any atom is 0.247 e. The van der Waals surface area contributed by atoms with Crippen LogP contribution in [-0.4, -0.2) is 83.7 Å². The molecule has 0 bridgehead atoms. The van der Waals surface area contributed by atoms with Gasteiger partial charge in [-0.25, -0.2) is 8.42 Å². The van der Waals surface area contributed by atoms with Crippen LogP contribution in [0.1, 0.15) is 32.0 Å². The summed E-state index contributed by atoms with van der Waals surface area (Å²) in [7, 11) is -2.30. The average Bonchev–Trinajstić information content (AvgIpc) is 2.84. The number of hydrogen-bond acceptors (Lipinski definition) is 7. The van der Waals surface area contributed by atoms with Crippen molar-refractivity contribution in [1.29, 1.82) is 0 Å². The molecule has 0 fully saturated rings. The van der Waals surface area contributed by atoms with E-state index in [1.54, 1.807) is 43.3 Å². The summed E-state index contributed by atoms with van der Waals surface area (Å²) in [5.41, 5.74) is 1.14. The van der Waals surface area contributed by atoms with Crippen LogP contribution in [0.3, 0.4) is 0 Å². The van der Waals surface area contributed by atoms with Crippen molar-refractivity contribution < 1.29 is 28.2 Å². The van der Waals surface area contributed by atoms with E-state index in [2.05, 4.69) is 16.8 Å². The molecule has 0 aliphatic carbocycles. The van der Waals surface area contributed by atoms with Crippen LogP contribution in [0.2, 0.25) is 0 Å². The van der Waals surface area contributed by atoms with Crippen LogP contribution in [0, 0.1) is 17.8 Å². The number of carbonyl (C=O) groups excluding carboxylic acids is 1. The van der Waals surface area contributed by atoms with Gasteiger partial charge in [-0.3, -0.25) is 9.78 Å². The van der Waals surface area contributed by atoms with Crippen molar-refractivity contribution in [3.8, 4) is 17.6 Å². The predicted octanol–water partition coefficient (Wildman–Crippen LogP) is 1.28. The third-order valence-corrected chi connectivity index (χ3v) is 8.05. The van der Waals surface area contributed by atoms with E-state index in [9.17, 15) is 23.4 Å². The fraction of sp³-hybridized carbons (Fsp3) is 0.462. The summed E-state index contributed by atoms with van der Waals surface area (Å²) in [4.78, 5) is 18.6. The van der Waals surface area contributed by atoms with Gasteiger partial charge in [-0.2, -0.15) is 4.31 Å². The van der Waals surface area contributed by atoms with Crippen molar-refractivity contribution in [1.82, 2.24) is 14.2 Å². The quantitative estimate of drug-likeness (QED) is 0.556. The Morgan fingerprint density at radius 2 is 2.06 bits per heavy atom. The molecule has 36 heavy (non-hydrogen) atoms. The minimum absolute atomic E-state index is 0.0373. The molecule has 2 aromatic rings. The van der Waals surface area contributed by atoms with Crippen molar-refractivity contribution >= 4 is 15.9 Å². The standard InChI is InChI=1S/C26H33N3O6S/c1-18-15-29(19(2)17-30)36(33,34)25-11-10-21(9-8-20(3)31)13-23(25)35-24(18)16-28(4)26(32)14-22-7-5-6-12-27-22/h5-7,10-13,18-20,24,30-31H,14-17H2,1-4H3/t18-,19+,20+,24+/m1/s1. The Morgan fingerprint density at radius 3 is 2.69 bits per heavy atom. The largest absolute Gasteiger partial charge is 0.487 e. The fourth-order valence-electron chi connectivity index (χ4n) is 3.87. The molecule has 10 heteroatoms. The van der Waals surface area contributed by atoms with E-state index in [0.717, 1.165) is 0 Å². The monoisotopic (exact) mass is 515 g/mol. The number of pyridine rings is 1. The zero-order valence-corrected chi connectivity index (χ0v) is 21.8. The molecular formula is C26H33N3O6S. The molecule has 1 amide bonds. The predicted molar refractivity (Wildman–Crippen MR) is 135 cm³/mol. The summed E-state index contributed by atoms with van der Waals surface area (Å²) in [5, 5.41) is 19.3. The third kappa shape index (κ3) is 6.62. The molecule has 1 aliphatic rings. The molecule has 2 N–H and O–H groups in total. The Hall–Kier alpha value is -2.97. The van der Waals surface area contributed by atoms with Gasteiger partial charge in [0.25, 0.3) is 0 Å². The van der Waals surface area contributed by atoms with E-state index in [0.29, 0.717) is 11.3 Å². The molecule has 1 aromatic heterocycles. The molecule has 0 saturated heterocycles. The van der Waals surface area contributed by atoms with Crippen molar-refractivity contribution in [2.75, 3.05) is 26.7 Å². The molecule has 1 aromatic carbocycles. The summed E-state index contributed by atoms with van der Waals surface area (Å²) >= 11 is 0. The van der Waals surface area contributed by atoms with Crippen LogP contribution >= 0.6 is 0 Å². The first kappa shape index (κ1) is 27.6. The molecule has 0 unspecified atom stereocenters. The number of amides is 1. The average molecular weight is 516 g/mol. The molecule has 1 aliphatic heterocycles. The van der Waals surface area contributed by atoms with E-state index < -0.39 is 28.3 Å². The van der Waals surface area contributed by atoms with Gasteiger partial charge in [0.2, 0.25) is 15.9 Å². The third-order valence-electron chi connectivity index (χ3n) is 6.03. The van der Waals surface area contributed by atoms with Crippen molar-refractivity contribution in [3.63, 3.8) is 0 Å². The van der Waals surface area contributed by atoms with E-state index in [-0.39, 0.29) is 48.6 Å². The number of sulfonamides is 1. The lowest BCUT2D eigenvalue weighted by molar-refractivity contribution is -0.130. The number of fused-ring (bicyclic) bond motifs is 1. The Balaban J connectivity index is 1.96. The summed E-state index contributed by atoms with van der Waals surface area (Å²) in [5.74, 6) is 5.12. The highest BCUT2D eigenvalue weighted by Gasteiger charge is 2.38. The normalized spacial score (nSPS) is 20.9. The van der Waals surface area contributed by atoms with E-state index in [1.807, 2.05) is 13.0 Å². The molecule has 3 rings (SSSR count). The summed E-state index contributed by atoms with van der Waals surface area (Å²) in [6.07, 6.45) is 0.389. The number of aliphatic hydroxyl groups excluding tert-OH is 2. The minimum atomic E-state index is -3.98. The highest BCUT2D eigenvalue weighted by molar-refractivity contribution is 7.89. The first-order chi connectivity index (χ1) is 17.0. The van der Waals surface area contributed by atoms with Gasteiger partial charge in [-0.1, -0.05) is 24.8 Å². The van der Waals surface area contributed by atoms with Crippen LogP contribution in [0.5, 0.6) is 5.75 Å². The number of rotatable bonds is 6. The Kier molecular flexibility index (Phi) is 9.08. The minimum Gasteiger partial charge on any atom is -0.487 e. The van der Waals surface area contributed by atoms with Crippen LogP contribution < -0.4 is 4.74 Å². The lowest BCUT2D eigenvalue weighted by Crippen LogP contribution is -2.50. The number of aliphatic hydroxyl groups is 2. The first-order valence-corrected chi connectivity index (χ1v) is 13.2. The smallest absolute Gasteiger partial charge is 0.247 e. The lowest BCUT2D eigenvalue weighted by atomic mass is 10.0. The molecule has 0 saturated carbocycles. The summed E-state index contributed by atoms with van der Waals surface area (Å²) < 4.78 is 34.6. The number of aromatic nitrogens is 1. The molecular weight excluding hydrogens is 482 g/mol. The van der Waals surface area contributed by atoms with Gasteiger partial charge in [0.05, 0.1) is 19.6 Å². The number of benzene rings is 1. The Labute approximate surface area is 212 Å². The second-order valence-electron chi connectivity index (χ2n) is 9.12. The van der Waals surface area contributed by atoms with E-state index in [1.165, 1.54) is 23.4 Å². The van der Waals surface area contributed by atoms with Crippen molar-refractivity contribution in [2.24, 2.45) is 5.92 Å². The fourth-order valence-corrected chi connectivity index (χ4v) is 5.70. The van der Waals surface area contributed by atoms with Gasteiger partial charge in [-0.05, 0) is 44.2 Å². The molecule has 4 atom stereocenters. The van der Waals surface area contributed by atoms with Gasteiger partial charge < -0.3 is 19.8 Å². The van der Waals surface area contributed by atoms with Gasteiger partial charge in [-0.15, -0.1) is 0 Å².